The Labute approximate surface area is 116 Å². The monoisotopic (exact) mass is 264 g/mol. The normalized spacial score (nSPS) is 10.8. The smallest absolute Gasteiger partial charge is 0.0103 e. The molecular formula is C18H17P. The topological polar surface area (TPSA) is 0 Å². The highest BCUT2D eigenvalue weighted by molar-refractivity contribution is 7.15. The molecule has 3 rings (SSSR count). The number of benzene rings is 3. The minimum Gasteiger partial charge on any atom is -0.133 e. The summed E-state index contributed by atoms with van der Waals surface area (Å²) >= 11 is 0. The first-order valence-corrected chi connectivity index (χ1v) is 7.39. The molecule has 3 aromatic carbocycles. The first kappa shape index (κ1) is 12.4. The molecule has 0 aliphatic heterocycles. The van der Waals surface area contributed by atoms with Crippen molar-refractivity contribution in [3.8, 4) is 11.1 Å². The lowest BCUT2D eigenvalue weighted by atomic mass is 9.96. The second kappa shape index (κ2) is 5.15. The van der Waals surface area contributed by atoms with Crippen molar-refractivity contribution in [3.63, 3.8) is 0 Å². The van der Waals surface area contributed by atoms with Gasteiger partial charge in [-0.3, -0.25) is 0 Å². The Hall–Kier alpha value is -1.65. The third-order valence-corrected chi connectivity index (χ3v) is 4.11. The van der Waals surface area contributed by atoms with E-state index < -0.39 is 0 Å². The van der Waals surface area contributed by atoms with Crippen molar-refractivity contribution in [1.29, 1.82) is 0 Å². The Balaban J connectivity index is 2.21. The maximum absolute atomic E-state index is 2.77. The van der Waals surface area contributed by atoms with Crippen LogP contribution in [-0.4, -0.2) is 0 Å². The van der Waals surface area contributed by atoms with Crippen LogP contribution in [0.25, 0.3) is 21.9 Å². The minimum absolute atomic E-state index is 1.01. The number of fused-ring (bicyclic) bond motifs is 1. The summed E-state index contributed by atoms with van der Waals surface area (Å²) in [7, 11) is 2.77. The predicted octanol–water partition coefficient (Wildman–Crippen LogP) is 5.19. The van der Waals surface area contributed by atoms with Crippen LogP contribution >= 0.6 is 9.24 Å². The largest absolute Gasteiger partial charge is 0.133 e. The highest BCUT2D eigenvalue weighted by Crippen LogP contribution is 2.30. The summed E-state index contributed by atoms with van der Waals surface area (Å²) < 4.78 is 0. The SMILES string of the molecule is Cc1cccc2c(-c3ccc(CP)cc3)cccc12. The molecule has 0 nitrogen and oxygen atoms in total. The third kappa shape index (κ3) is 2.29. The van der Waals surface area contributed by atoms with Gasteiger partial charge in [0.2, 0.25) is 0 Å². The van der Waals surface area contributed by atoms with Gasteiger partial charge in [0.15, 0.2) is 0 Å². The van der Waals surface area contributed by atoms with Crippen LogP contribution in [-0.2, 0) is 6.16 Å². The van der Waals surface area contributed by atoms with Crippen LogP contribution in [0.1, 0.15) is 11.1 Å². The maximum Gasteiger partial charge on any atom is -0.0103 e. The van der Waals surface area contributed by atoms with Crippen LogP contribution in [0.4, 0.5) is 0 Å². The highest BCUT2D eigenvalue weighted by atomic mass is 31.0. The summed E-state index contributed by atoms with van der Waals surface area (Å²) in [6.45, 7) is 2.17. The van der Waals surface area contributed by atoms with Crippen LogP contribution in [0, 0.1) is 6.92 Å². The Kier molecular flexibility index (Phi) is 3.36. The molecule has 0 heterocycles. The molecule has 0 saturated heterocycles. The third-order valence-electron chi connectivity index (χ3n) is 3.64. The summed E-state index contributed by atoms with van der Waals surface area (Å²) in [6, 6.07) is 21.9. The maximum atomic E-state index is 2.77. The van der Waals surface area contributed by atoms with Gasteiger partial charge >= 0.3 is 0 Å². The zero-order valence-electron chi connectivity index (χ0n) is 11.1. The van der Waals surface area contributed by atoms with E-state index in [9.17, 15) is 0 Å². The number of hydrogen-bond donors (Lipinski definition) is 0. The van der Waals surface area contributed by atoms with E-state index in [1.54, 1.807) is 0 Å². The molecule has 0 bridgehead atoms. The van der Waals surface area contributed by atoms with E-state index in [2.05, 4.69) is 76.8 Å². The van der Waals surface area contributed by atoms with Crippen molar-refractivity contribution in [3.05, 3.63) is 71.8 Å². The zero-order chi connectivity index (χ0) is 13.2. The average Bonchev–Trinajstić information content (AvgIpc) is 2.47. The van der Waals surface area contributed by atoms with Crippen molar-refractivity contribution in [2.75, 3.05) is 0 Å². The minimum atomic E-state index is 1.01. The standard InChI is InChI=1S/C18H17P/c1-13-4-2-7-18-16(13)5-3-6-17(18)15-10-8-14(12-19)9-11-15/h2-11H,12,19H2,1H3. The van der Waals surface area contributed by atoms with E-state index in [4.69, 9.17) is 0 Å². The van der Waals surface area contributed by atoms with Crippen LogP contribution in [0.3, 0.4) is 0 Å². The molecule has 1 heteroatoms. The lowest BCUT2D eigenvalue weighted by molar-refractivity contribution is 1.42. The van der Waals surface area contributed by atoms with Crippen LogP contribution in [0.5, 0.6) is 0 Å². The first-order valence-electron chi connectivity index (χ1n) is 6.57. The lowest BCUT2D eigenvalue weighted by Gasteiger charge is -2.09. The van der Waals surface area contributed by atoms with Crippen molar-refractivity contribution < 1.29 is 0 Å². The molecule has 19 heavy (non-hydrogen) atoms. The molecule has 0 radical (unpaired) electrons. The molecule has 3 aromatic rings. The Morgan fingerprint density at radius 2 is 1.47 bits per heavy atom. The molecule has 0 fully saturated rings. The second-order valence-electron chi connectivity index (χ2n) is 4.88. The fourth-order valence-corrected chi connectivity index (χ4v) is 2.81. The quantitative estimate of drug-likeness (QED) is 0.559. The van der Waals surface area contributed by atoms with Gasteiger partial charge in [0.25, 0.3) is 0 Å². The fraction of sp³-hybridized carbons (Fsp3) is 0.111. The number of rotatable bonds is 2. The fourth-order valence-electron chi connectivity index (χ4n) is 2.54. The van der Waals surface area contributed by atoms with Crippen LogP contribution < -0.4 is 0 Å². The van der Waals surface area contributed by atoms with Crippen molar-refractivity contribution in [2.24, 2.45) is 0 Å². The van der Waals surface area contributed by atoms with E-state index in [1.807, 2.05) is 0 Å². The van der Waals surface area contributed by atoms with Crippen LogP contribution in [0.15, 0.2) is 60.7 Å². The van der Waals surface area contributed by atoms with Crippen molar-refractivity contribution in [2.45, 2.75) is 13.1 Å². The Morgan fingerprint density at radius 3 is 2.21 bits per heavy atom. The van der Waals surface area contributed by atoms with Gasteiger partial charge in [-0.1, -0.05) is 60.7 Å². The summed E-state index contributed by atoms with van der Waals surface area (Å²) in [4.78, 5) is 0. The zero-order valence-corrected chi connectivity index (χ0v) is 12.2. The molecule has 1 atom stereocenters. The molecule has 0 amide bonds. The van der Waals surface area contributed by atoms with Crippen molar-refractivity contribution in [1.82, 2.24) is 0 Å². The molecule has 0 N–H and O–H groups in total. The lowest BCUT2D eigenvalue weighted by Crippen LogP contribution is -1.84. The molecule has 0 aromatic heterocycles. The van der Waals surface area contributed by atoms with Gasteiger partial charge in [-0.2, -0.15) is 0 Å². The molecule has 1 unspecified atom stereocenters. The number of hydrogen-bond acceptors (Lipinski definition) is 0. The average molecular weight is 264 g/mol. The molecular weight excluding hydrogens is 247 g/mol. The molecule has 0 aliphatic rings. The van der Waals surface area contributed by atoms with Gasteiger partial charge in [0, 0.05) is 0 Å². The summed E-state index contributed by atoms with van der Waals surface area (Å²) in [5.41, 5.74) is 5.29. The Morgan fingerprint density at radius 1 is 0.789 bits per heavy atom. The van der Waals surface area contributed by atoms with Crippen molar-refractivity contribution >= 4 is 20.0 Å². The van der Waals surface area contributed by atoms with E-state index in [-0.39, 0.29) is 0 Å². The van der Waals surface area contributed by atoms with Crippen LogP contribution in [0.2, 0.25) is 0 Å². The number of aryl methyl sites for hydroxylation is 1. The van der Waals surface area contributed by atoms with E-state index >= 15 is 0 Å². The molecule has 0 spiro atoms. The predicted molar refractivity (Wildman–Crippen MR) is 87.5 cm³/mol. The first-order chi connectivity index (χ1) is 9.29. The van der Waals surface area contributed by atoms with Gasteiger partial charge in [-0.15, -0.1) is 9.24 Å². The van der Waals surface area contributed by atoms with Gasteiger partial charge < -0.3 is 0 Å². The summed E-state index contributed by atoms with van der Waals surface area (Å²) in [5, 5.41) is 2.68. The Bertz CT molecular complexity index is 711. The van der Waals surface area contributed by atoms with Gasteiger partial charge in [-0.05, 0) is 46.1 Å². The highest BCUT2D eigenvalue weighted by Gasteiger charge is 2.04. The second-order valence-corrected chi connectivity index (χ2v) is 5.28. The van der Waals surface area contributed by atoms with Gasteiger partial charge in [0.05, 0.1) is 0 Å². The molecule has 0 saturated carbocycles. The summed E-state index contributed by atoms with van der Waals surface area (Å²) in [6.07, 6.45) is 1.01. The summed E-state index contributed by atoms with van der Waals surface area (Å²) in [5.74, 6) is 0. The molecule has 0 aliphatic carbocycles. The van der Waals surface area contributed by atoms with Gasteiger partial charge in [0.1, 0.15) is 0 Å². The van der Waals surface area contributed by atoms with E-state index in [0.717, 1.165) is 6.16 Å². The van der Waals surface area contributed by atoms with Gasteiger partial charge in [-0.25, -0.2) is 0 Å². The van der Waals surface area contributed by atoms with E-state index in [1.165, 1.54) is 33.0 Å². The van der Waals surface area contributed by atoms with E-state index in [0.29, 0.717) is 0 Å². The molecule has 94 valence electrons.